The minimum Gasteiger partial charge on any atom is -0.285 e. The van der Waals surface area contributed by atoms with Gasteiger partial charge in [0.25, 0.3) is 5.12 Å². The van der Waals surface area contributed by atoms with Crippen LogP contribution in [-0.2, 0) is 9.59 Å². The molecule has 0 spiro atoms. The average Bonchev–Trinajstić information content (AvgIpc) is 1.85. The molecule has 1 heterocycles. The molecule has 3 heteroatoms. The maximum absolute atomic E-state index is 10.3. The Morgan fingerprint density at radius 3 is 2.25 bits per heavy atom. The lowest BCUT2D eigenvalue weighted by Gasteiger charge is -1.78. The van der Waals surface area contributed by atoms with Crippen molar-refractivity contribution in [3.63, 3.8) is 0 Å². The highest BCUT2D eigenvalue weighted by Gasteiger charge is 2.19. The second-order valence-corrected chi connectivity index (χ2v) is 2.73. The van der Waals surface area contributed by atoms with Gasteiger partial charge < -0.3 is 0 Å². The van der Waals surface area contributed by atoms with E-state index in [0.717, 1.165) is 16.7 Å². The minimum absolute atomic E-state index is 0.359. The van der Waals surface area contributed by atoms with Gasteiger partial charge in [0.15, 0.2) is 0 Å². The van der Waals surface area contributed by atoms with Gasteiger partial charge in [0.1, 0.15) is 0 Å². The molecule has 0 bridgehead atoms. The Kier molecular flexibility index (Phi) is 1.21. The van der Waals surface area contributed by atoms with Crippen LogP contribution >= 0.6 is 11.8 Å². The lowest BCUT2D eigenvalue weighted by molar-refractivity contribution is -0.128. The molecule has 2 nitrogen and oxygen atoms in total. The Morgan fingerprint density at radius 1 is 1.50 bits per heavy atom. The number of allylic oxidation sites excluding steroid dienone is 2. The van der Waals surface area contributed by atoms with Crippen LogP contribution in [0.1, 0.15) is 6.92 Å². The summed E-state index contributed by atoms with van der Waals surface area (Å²) in [6.07, 6.45) is 1.35. The summed E-state index contributed by atoms with van der Waals surface area (Å²) in [5, 5.41) is -0.359. The first-order valence-corrected chi connectivity index (χ1v) is 2.96. The fraction of sp³-hybridized carbons (Fsp3) is 0.200. The van der Waals surface area contributed by atoms with Crippen molar-refractivity contribution >= 4 is 22.7 Å². The van der Waals surface area contributed by atoms with Crippen molar-refractivity contribution in [1.29, 1.82) is 0 Å². The Balaban J connectivity index is 2.85. The van der Waals surface area contributed by atoms with E-state index in [1.54, 1.807) is 6.92 Å². The molecule has 0 amide bonds. The van der Waals surface area contributed by atoms with E-state index in [4.69, 9.17) is 0 Å². The molecule has 0 aromatic heterocycles. The van der Waals surface area contributed by atoms with E-state index in [1.807, 2.05) is 0 Å². The third-order valence-corrected chi connectivity index (χ3v) is 1.62. The van der Waals surface area contributed by atoms with Crippen LogP contribution in [0.25, 0.3) is 0 Å². The Hall–Kier alpha value is -0.570. The SMILES string of the molecule is CC1=CC(=O)C(=O)S1. The average molecular weight is 128 g/mol. The van der Waals surface area contributed by atoms with Gasteiger partial charge in [0.2, 0.25) is 5.78 Å². The van der Waals surface area contributed by atoms with Crippen molar-refractivity contribution in [3.05, 3.63) is 11.0 Å². The molecule has 0 unspecified atom stereocenters. The molecule has 0 radical (unpaired) electrons. The molecular weight excluding hydrogens is 124 g/mol. The highest BCUT2D eigenvalue weighted by Crippen LogP contribution is 2.22. The summed E-state index contributed by atoms with van der Waals surface area (Å²) < 4.78 is 0. The van der Waals surface area contributed by atoms with Gasteiger partial charge in [-0.2, -0.15) is 0 Å². The van der Waals surface area contributed by atoms with E-state index in [-0.39, 0.29) is 10.9 Å². The van der Waals surface area contributed by atoms with E-state index in [1.165, 1.54) is 6.08 Å². The first-order valence-electron chi connectivity index (χ1n) is 2.14. The number of hydrogen-bond donors (Lipinski definition) is 0. The molecular formula is C5H4O2S. The molecule has 42 valence electrons. The third-order valence-electron chi connectivity index (χ3n) is 0.789. The molecule has 0 aromatic rings. The first-order chi connectivity index (χ1) is 3.70. The van der Waals surface area contributed by atoms with Crippen LogP contribution in [0.15, 0.2) is 11.0 Å². The van der Waals surface area contributed by atoms with Crippen molar-refractivity contribution in [2.75, 3.05) is 0 Å². The zero-order valence-electron chi connectivity index (χ0n) is 4.30. The first kappa shape index (κ1) is 5.56. The summed E-state index contributed by atoms with van der Waals surface area (Å²) in [4.78, 5) is 21.5. The summed E-state index contributed by atoms with van der Waals surface area (Å²) in [7, 11) is 0. The molecule has 0 fully saturated rings. The van der Waals surface area contributed by atoms with Crippen LogP contribution in [0.4, 0.5) is 0 Å². The Bertz CT molecular complexity index is 181. The lowest BCUT2D eigenvalue weighted by atomic mass is 10.4. The van der Waals surface area contributed by atoms with Crippen LogP contribution in [0.2, 0.25) is 0 Å². The largest absolute Gasteiger partial charge is 0.285 e. The minimum atomic E-state index is -0.382. The van der Waals surface area contributed by atoms with Crippen LogP contribution in [-0.4, -0.2) is 10.9 Å². The number of ketones is 1. The molecule has 0 saturated heterocycles. The summed E-state index contributed by atoms with van der Waals surface area (Å²) in [6, 6.07) is 0. The zero-order valence-corrected chi connectivity index (χ0v) is 5.12. The molecule has 1 rings (SSSR count). The number of rotatable bonds is 0. The molecule has 0 saturated carbocycles. The van der Waals surface area contributed by atoms with Gasteiger partial charge >= 0.3 is 0 Å². The third kappa shape index (κ3) is 0.816. The molecule has 0 aliphatic carbocycles. The van der Waals surface area contributed by atoms with E-state index in [9.17, 15) is 9.59 Å². The molecule has 1 aliphatic rings. The smallest absolute Gasteiger partial charge is 0.263 e. The van der Waals surface area contributed by atoms with Gasteiger partial charge in [-0.25, -0.2) is 0 Å². The van der Waals surface area contributed by atoms with Crippen molar-refractivity contribution in [1.82, 2.24) is 0 Å². The number of carbonyl (C=O) groups excluding carboxylic acids is 2. The normalized spacial score (nSPS) is 19.4. The molecule has 1 aliphatic heterocycles. The van der Waals surface area contributed by atoms with Gasteiger partial charge in [0.05, 0.1) is 0 Å². The topological polar surface area (TPSA) is 34.1 Å². The summed E-state index contributed by atoms with van der Waals surface area (Å²) >= 11 is 1.00. The Labute approximate surface area is 50.9 Å². The highest BCUT2D eigenvalue weighted by atomic mass is 32.2. The zero-order chi connectivity index (χ0) is 6.15. The van der Waals surface area contributed by atoms with E-state index in [0.29, 0.717) is 0 Å². The standard InChI is InChI=1S/C5H4O2S/c1-3-2-4(6)5(7)8-3/h2H,1H3. The van der Waals surface area contributed by atoms with Gasteiger partial charge in [-0.05, 0) is 29.7 Å². The van der Waals surface area contributed by atoms with Crippen molar-refractivity contribution in [3.8, 4) is 0 Å². The van der Waals surface area contributed by atoms with Gasteiger partial charge in [-0.3, -0.25) is 9.59 Å². The molecule has 0 aromatic carbocycles. The van der Waals surface area contributed by atoms with Crippen LogP contribution in [0, 0.1) is 0 Å². The number of hydrogen-bond acceptors (Lipinski definition) is 3. The Morgan fingerprint density at radius 2 is 2.12 bits per heavy atom. The van der Waals surface area contributed by atoms with Crippen LogP contribution < -0.4 is 0 Å². The second-order valence-electron chi connectivity index (χ2n) is 1.51. The molecule has 0 N–H and O–H groups in total. The lowest BCUT2D eigenvalue weighted by Crippen LogP contribution is -1.98. The van der Waals surface area contributed by atoms with E-state index in [2.05, 4.69) is 0 Å². The van der Waals surface area contributed by atoms with Gasteiger partial charge in [0, 0.05) is 0 Å². The van der Waals surface area contributed by atoms with Crippen molar-refractivity contribution in [2.45, 2.75) is 6.92 Å². The van der Waals surface area contributed by atoms with Crippen LogP contribution in [0.5, 0.6) is 0 Å². The molecule has 8 heavy (non-hydrogen) atoms. The fourth-order valence-corrected chi connectivity index (χ4v) is 1.09. The summed E-state index contributed by atoms with van der Waals surface area (Å²) in [5.41, 5.74) is 0. The predicted octanol–water partition coefficient (Wildman–Crippen LogP) is 0.733. The van der Waals surface area contributed by atoms with Crippen molar-refractivity contribution in [2.24, 2.45) is 0 Å². The van der Waals surface area contributed by atoms with Gasteiger partial charge in [-0.15, -0.1) is 0 Å². The molecule has 0 atom stereocenters. The summed E-state index contributed by atoms with van der Waals surface area (Å²) in [6.45, 7) is 1.74. The number of thioether (sulfide) groups is 1. The van der Waals surface area contributed by atoms with E-state index < -0.39 is 0 Å². The number of carbonyl (C=O) groups is 2. The quantitative estimate of drug-likeness (QED) is 0.451. The van der Waals surface area contributed by atoms with Crippen LogP contribution in [0.3, 0.4) is 0 Å². The second kappa shape index (κ2) is 1.74. The maximum atomic E-state index is 10.3. The fourth-order valence-electron chi connectivity index (χ4n) is 0.470. The highest BCUT2D eigenvalue weighted by molar-refractivity contribution is 8.19. The monoisotopic (exact) mass is 128 g/mol. The summed E-state index contributed by atoms with van der Waals surface area (Å²) in [5.74, 6) is -0.382. The maximum Gasteiger partial charge on any atom is 0.263 e. The van der Waals surface area contributed by atoms with E-state index >= 15 is 0 Å². The predicted molar refractivity (Wildman–Crippen MR) is 31.4 cm³/mol. The van der Waals surface area contributed by atoms with Gasteiger partial charge in [-0.1, -0.05) is 0 Å². The van der Waals surface area contributed by atoms with Crippen molar-refractivity contribution < 1.29 is 9.59 Å².